The van der Waals surface area contributed by atoms with Crippen LogP contribution in [0.2, 0.25) is 0 Å². The fourth-order valence-electron chi connectivity index (χ4n) is 3.06. The summed E-state index contributed by atoms with van der Waals surface area (Å²) < 4.78 is 0. The number of benzene rings is 1. The molecule has 5 nitrogen and oxygen atoms in total. The van der Waals surface area contributed by atoms with Crippen LogP contribution in [0.3, 0.4) is 0 Å². The molecule has 0 saturated carbocycles. The molecular weight excluding hydrogens is 278 g/mol. The first-order valence-corrected chi connectivity index (χ1v) is 7.69. The number of rotatable bonds is 3. The highest BCUT2D eigenvalue weighted by molar-refractivity contribution is 5.83. The molecule has 1 unspecified atom stereocenters. The number of nitrogens with one attached hydrogen (secondary N) is 3. The summed E-state index contributed by atoms with van der Waals surface area (Å²) in [6, 6.07) is 5.42. The van der Waals surface area contributed by atoms with Gasteiger partial charge in [0.15, 0.2) is 5.43 Å². The number of hydrogen-bond acceptors (Lipinski definition) is 3. The second-order valence-electron chi connectivity index (χ2n) is 6.03. The van der Waals surface area contributed by atoms with Gasteiger partial charge in [0.1, 0.15) is 0 Å². The van der Waals surface area contributed by atoms with Crippen LogP contribution in [-0.4, -0.2) is 23.5 Å². The van der Waals surface area contributed by atoms with Crippen molar-refractivity contribution in [2.24, 2.45) is 0 Å². The van der Waals surface area contributed by atoms with E-state index in [1.54, 1.807) is 6.07 Å². The van der Waals surface area contributed by atoms with E-state index in [9.17, 15) is 9.59 Å². The zero-order valence-corrected chi connectivity index (χ0v) is 13.0. The van der Waals surface area contributed by atoms with E-state index in [1.807, 2.05) is 19.9 Å². The molecule has 1 saturated heterocycles. The van der Waals surface area contributed by atoms with Gasteiger partial charge in [0.05, 0.1) is 11.6 Å². The number of carbonyl (C=O) groups is 1. The molecule has 2 aromatic rings. The first kappa shape index (κ1) is 14.8. The molecule has 0 spiro atoms. The van der Waals surface area contributed by atoms with Crippen molar-refractivity contribution in [1.82, 2.24) is 15.6 Å². The molecule has 1 aromatic heterocycles. The Morgan fingerprint density at radius 1 is 1.23 bits per heavy atom. The summed E-state index contributed by atoms with van der Waals surface area (Å²) >= 11 is 0. The summed E-state index contributed by atoms with van der Waals surface area (Å²) in [4.78, 5) is 27.4. The van der Waals surface area contributed by atoms with Gasteiger partial charge in [-0.1, -0.05) is 6.07 Å². The van der Waals surface area contributed by atoms with Crippen molar-refractivity contribution in [2.75, 3.05) is 6.54 Å². The molecule has 116 valence electrons. The Bertz CT molecular complexity index is 779. The van der Waals surface area contributed by atoms with Crippen molar-refractivity contribution in [3.8, 4) is 0 Å². The Labute approximate surface area is 129 Å². The quantitative estimate of drug-likeness (QED) is 0.804. The molecule has 1 aliphatic heterocycles. The number of aromatic amines is 1. The van der Waals surface area contributed by atoms with Crippen LogP contribution in [0, 0.1) is 13.8 Å². The van der Waals surface area contributed by atoms with E-state index >= 15 is 0 Å². The SMILES string of the molecule is Cc1cc(C)c2[nH]c(CNC3CCCNC3=O)cc(=O)c2c1. The minimum absolute atomic E-state index is 0.0189. The van der Waals surface area contributed by atoms with Gasteiger partial charge in [-0.15, -0.1) is 0 Å². The molecule has 1 aromatic carbocycles. The highest BCUT2D eigenvalue weighted by atomic mass is 16.2. The molecule has 22 heavy (non-hydrogen) atoms. The average molecular weight is 299 g/mol. The minimum Gasteiger partial charge on any atom is -0.357 e. The van der Waals surface area contributed by atoms with Crippen LogP contribution < -0.4 is 16.1 Å². The highest BCUT2D eigenvalue weighted by Gasteiger charge is 2.21. The Hall–Kier alpha value is -2.14. The van der Waals surface area contributed by atoms with E-state index in [-0.39, 0.29) is 17.4 Å². The summed E-state index contributed by atoms with van der Waals surface area (Å²) in [6.07, 6.45) is 1.82. The lowest BCUT2D eigenvalue weighted by molar-refractivity contribution is -0.124. The second kappa shape index (κ2) is 5.93. The summed E-state index contributed by atoms with van der Waals surface area (Å²) in [6.45, 7) is 5.22. The maximum Gasteiger partial charge on any atom is 0.237 e. The van der Waals surface area contributed by atoms with Gasteiger partial charge in [0.25, 0.3) is 0 Å². The number of H-pyrrole nitrogens is 1. The molecule has 2 heterocycles. The van der Waals surface area contributed by atoms with Crippen molar-refractivity contribution in [3.05, 3.63) is 45.2 Å². The van der Waals surface area contributed by atoms with Gasteiger partial charge in [-0.3, -0.25) is 9.59 Å². The number of fused-ring (bicyclic) bond motifs is 1. The monoisotopic (exact) mass is 299 g/mol. The Balaban J connectivity index is 1.85. The van der Waals surface area contributed by atoms with Crippen LogP contribution in [0.5, 0.6) is 0 Å². The lowest BCUT2D eigenvalue weighted by Gasteiger charge is -2.22. The maximum absolute atomic E-state index is 12.3. The smallest absolute Gasteiger partial charge is 0.237 e. The third-order valence-electron chi connectivity index (χ3n) is 4.16. The molecule has 0 aliphatic carbocycles. The van der Waals surface area contributed by atoms with E-state index in [4.69, 9.17) is 0 Å². The van der Waals surface area contributed by atoms with Crippen LogP contribution >= 0.6 is 0 Å². The average Bonchev–Trinajstić information content (AvgIpc) is 2.48. The molecule has 5 heteroatoms. The molecular formula is C17H21N3O2. The fraction of sp³-hybridized carbons (Fsp3) is 0.412. The van der Waals surface area contributed by atoms with Crippen molar-refractivity contribution in [3.63, 3.8) is 0 Å². The lowest BCUT2D eigenvalue weighted by Crippen LogP contribution is -2.48. The highest BCUT2D eigenvalue weighted by Crippen LogP contribution is 2.16. The van der Waals surface area contributed by atoms with Gasteiger partial charge in [-0.2, -0.15) is 0 Å². The third kappa shape index (κ3) is 2.90. The number of aromatic nitrogens is 1. The lowest BCUT2D eigenvalue weighted by atomic mass is 10.1. The van der Waals surface area contributed by atoms with Gasteiger partial charge < -0.3 is 15.6 Å². The summed E-state index contributed by atoms with van der Waals surface area (Å²) in [7, 11) is 0. The van der Waals surface area contributed by atoms with Crippen LogP contribution in [-0.2, 0) is 11.3 Å². The number of aryl methyl sites for hydroxylation is 2. The molecule has 1 amide bonds. The van der Waals surface area contributed by atoms with Crippen LogP contribution in [0.4, 0.5) is 0 Å². The summed E-state index contributed by atoms with van der Waals surface area (Å²) in [5.41, 5.74) is 3.85. The van der Waals surface area contributed by atoms with Gasteiger partial charge in [-0.25, -0.2) is 0 Å². The zero-order chi connectivity index (χ0) is 15.7. The Kier molecular flexibility index (Phi) is 3.98. The standard InChI is InChI=1S/C17H21N3O2/c1-10-6-11(2)16-13(7-10)15(21)8-12(20-16)9-19-14-4-3-5-18-17(14)22/h6-8,14,19H,3-5,9H2,1-2H3,(H,18,22)(H,20,21). The molecule has 1 atom stereocenters. The van der Waals surface area contributed by atoms with E-state index in [2.05, 4.69) is 21.7 Å². The van der Waals surface area contributed by atoms with Crippen molar-refractivity contribution in [1.29, 1.82) is 0 Å². The number of carbonyl (C=O) groups excluding carboxylic acids is 1. The summed E-state index contributed by atoms with van der Waals surface area (Å²) in [5, 5.41) is 6.80. The number of pyridine rings is 1. The van der Waals surface area contributed by atoms with E-state index in [0.717, 1.165) is 47.1 Å². The van der Waals surface area contributed by atoms with Crippen LogP contribution in [0.25, 0.3) is 10.9 Å². The van der Waals surface area contributed by atoms with E-state index < -0.39 is 0 Å². The largest absolute Gasteiger partial charge is 0.357 e. The molecule has 1 aliphatic rings. The Morgan fingerprint density at radius 3 is 2.82 bits per heavy atom. The van der Waals surface area contributed by atoms with Gasteiger partial charge >= 0.3 is 0 Å². The van der Waals surface area contributed by atoms with Gasteiger partial charge in [0.2, 0.25) is 5.91 Å². The van der Waals surface area contributed by atoms with Crippen molar-refractivity contribution >= 4 is 16.8 Å². The number of amides is 1. The fourth-order valence-corrected chi connectivity index (χ4v) is 3.06. The van der Waals surface area contributed by atoms with Gasteiger partial charge in [-0.05, 0) is 43.9 Å². The van der Waals surface area contributed by atoms with Crippen molar-refractivity contribution < 1.29 is 4.79 Å². The number of piperidine rings is 1. The first-order valence-electron chi connectivity index (χ1n) is 7.69. The van der Waals surface area contributed by atoms with E-state index in [0.29, 0.717) is 6.54 Å². The van der Waals surface area contributed by atoms with Crippen LogP contribution in [0.15, 0.2) is 23.0 Å². The normalized spacial score (nSPS) is 18.5. The number of hydrogen-bond donors (Lipinski definition) is 3. The molecule has 0 radical (unpaired) electrons. The predicted molar refractivity (Wildman–Crippen MR) is 86.9 cm³/mol. The van der Waals surface area contributed by atoms with Crippen molar-refractivity contribution in [2.45, 2.75) is 39.3 Å². The van der Waals surface area contributed by atoms with Crippen LogP contribution in [0.1, 0.15) is 29.7 Å². The molecule has 3 N–H and O–H groups in total. The maximum atomic E-state index is 12.3. The topological polar surface area (TPSA) is 74.0 Å². The predicted octanol–water partition coefficient (Wildman–Crippen LogP) is 1.51. The first-order chi connectivity index (χ1) is 10.5. The van der Waals surface area contributed by atoms with Gasteiger partial charge in [0, 0.05) is 30.2 Å². The molecule has 3 rings (SSSR count). The summed E-state index contributed by atoms with van der Waals surface area (Å²) in [5.74, 6) is 0.0428. The zero-order valence-electron chi connectivity index (χ0n) is 13.0. The molecule has 0 bridgehead atoms. The minimum atomic E-state index is -0.174. The molecule has 1 fully saturated rings. The third-order valence-corrected chi connectivity index (χ3v) is 4.16. The van der Waals surface area contributed by atoms with E-state index in [1.165, 1.54) is 0 Å². The second-order valence-corrected chi connectivity index (χ2v) is 6.03. The Morgan fingerprint density at radius 2 is 2.05 bits per heavy atom.